The van der Waals surface area contributed by atoms with Crippen molar-refractivity contribution in [1.82, 2.24) is 9.80 Å². The lowest BCUT2D eigenvalue weighted by Crippen LogP contribution is -2.58. The third-order valence-corrected chi connectivity index (χ3v) is 5.00. The fourth-order valence-corrected chi connectivity index (χ4v) is 3.41. The highest BCUT2D eigenvalue weighted by atomic mass is 19.2. The second-order valence-electron chi connectivity index (χ2n) is 7.14. The van der Waals surface area contributed by atoms with Crippen molar-refractivity contribution in [3.63, 3.8) is 0 Å². The highest BCUT2D eigenvalue weighted by Gasteiger charge is 2.32. The van der Waals surface area contributed by atoms with E-state index >= 15 is 0 Å². The van der Waals surface area contributed by atoms with E-state index in [1.54, 1.807) is 17.0 Å². The van der Waals surface area contributed by atoms with Gasteiger partial charge in [-0.3, -0.25) is 9.69 Å². The van der Waals surface area contributed by atoms with Crippen molar-refractivity contribution < 1.29 is 22.7 Å². The Bertz CT molecular complexity index is 829. The zero-order valence-electron chi connectivity index (χ0n) is 15.9. The average molecular weight is 392 g/mol. The van der Waals surface area contributed by atoms with Crippen molar-refractivity contribution in [3.8, 4) is 5.75 Å². The molecule has 7 heteroatoms. The molecular weight excluding hydrogens is 369 g/mol. The number of hydrogen-bond acceptors (Lipinski definition) is 3. The summed E-state index contributed by atoms with van der Waals surface area (Å²) in [4.78, 5) is 16.5. The van der Waals surface area contributed by atoms with E-state index in [1.807, 2.05) is 13.8 Å². The number of piperazine rings is 1. The smallest absolute Gasteiger partial charge is 0.260 e. The van der Waals surface area contributed by atoms with Gasteiger partial charge in [-0.05, 0) is 43.7 Å². The van der Waals surface area contributed by atoms with E-state index in [4.69, 9.17) is 4.74 Å². The molecule has 0 spiro atoms. The molecule has 0 bridgehead atoms. The molecular formula is C21H23F3N2O2. The van der Waals surface area contributed by atoms with Crippen LogP contribution in [0.25, 0.3) is 0 Å². The van der Waals surface area contributed by atoms with E-state index in [9.17, 15) is 18.0 Å². The first-order valence-electron chi connectivity index (χ1n) is 9.20. The molecule has 2 atom stereocenters. The van der Waals surface area contributed by atoms with Gasteiger partial charge in [0.15, 0.2) is 18.2 Å². The molecule has 0 radical (unpaired) electrons. The summed E-state index contributed by atoms with van der Waals surface area (Å²) in [6.45, 7) is 5.41. The molecule has 2 aromatic rings. The lowest BCUT2D eigenvalue weighted by Gasteiger charge is -2.44. The summed E-state index contributed by atoms with van der Waals surface area (Å²) in [7, 11) is 0. The Morgan fingerprint density at radius 1 is 1.04 bits per heavy atom. The second kappa shape index (κ2) is 8.65. The Labute approximate surface area is 162 Å². The molecule has 1 saturated heterocycles. The third kappa shape index (κ3) is 4.65. The summed E-state index contributed by atoms with van der Waals surface area (Å²) in [6.07, 6.45) is 0. The number of halogens is 3. The fourth-order valence-electron chi connectivity index (χ4n) is 3.41. The molecule has 28 heavy (non-hydrogen) atoms. The van der Waals surface area contributed by atoms with Gasteiger partial charge in [0.1, 0.15) is 5.82 Å². The van der Waals surface area contributed by atoms with Crippen molar-refractivity contribution in [1.29, 1.82) is 0 Å². The van der Waals surface area contributed by atoms with Crippen LogP contribution >= 0.6 is 0 Å². The average Bonchev–Trinajstić information content (AvgIpc) is 2.67. The van der Waals surface area contributed by atoms with Gasteiger partial charge >= 0.3 is 0 Å². The molecule has 1 fully saturated rings. The van der Waals surface area contributed by atoms with E-state index in [2.05, 4.69) is 4.90 Å². The Balaban J connectivity index is 1.57. The zero-order valence-corrected chi connectivity index (χ0v) is 15.9. The van der Waals surface area contributed by atoms with E-state index in [1.165, 1.54) is 24.3 Å². The summed E-state index contributed by atoms with van der Waals surface area (Å²) in [6, 6.07) is 10.0. The largest absolute Gasteiger partial charge is 0.481 e. The highest BCUT2D eigenvalue weighted by molar-refractivity contribution is 5.78. The number of carbonyl (C=O) groups is 1. The predicted octanol–water partition coefficient (Wildman–Crippen LogP) is 3.60. The van der Waals surface area contributed by atoms with Crippen molar-refractivity contribution in [2.45, 2.75) is 32.5 Å². The maximum atomic E-state index is 13.7. The summed E-state index contributed by atoms with van der Waals surface area (Å²) in [5.74, 6) is -2.93. The van der Waals surface area contributed by atoms with Crippen molar-refractivity contribution in [3.05, 3.63) is 65.5 Å². The van der Waals surface area contributed by atoms with E-state index in [-0.39, 0.29) is 36.2 Å². The van der Waals surface area contributed by atoms with Crippen LogP contribution in [0.1, 0.15) is 19.4 Å². The molecule has 1 heterocycles. The number of carbonyl (C=O) groups excluding carboxylic acids is 1. The van der Waals surface area contributed by atoms with Crippen molar-refractivity contribution in [2.24, 2.45) is 0 Å². The first kappa shape index (κ1) is 20.2. The molecule has 2 aromatic carbocycles. The standard InChI is InChI=1S/C21H23F3N2O2/c1-14-11-26(20(27)13-28-19-5-3-4-18(23)21(19)24)15(2)10-25(14)12-16-6-8-17(22)9-7-16/h3-9,14-15H,10-13H2,1-2H3/t14-,15+/m1/s1. The second-order valence-corrected chi connectivity index (χ2v) is 7.14. The van der Waals surface area contributed by atoms with Gasteiger partial charge in [0.25, 0.3) is 5.91 Å². The molecule has 0 aliphatic carbocycles. The van der Waals surface area contributed by atoms with Crippen LogP contribution in [0.2, 0.25) is 0 Å². The van der Waals surface area contributed by atoms with Gasteiger partial charge in [-0.25, -0.2) is 8.78 Å². The molecule has 1 amide bonds. The van der Waals surface area contributed by atoms with Gasteiger partial charge in [0.2, 0.25) is 5.82 Å². The lowest BCUT2D eigenvalue weighted by molar-refractivity contribution is -0.139. The molecule has 0 N–H and O–H groups in total. The Morgan fingerprint density at radius 3 is 2.46 bits per heavy atom. The molecule has 0 unspecified atom stereocenters. The summed E-state index contributed by atoms with van der Waals surface area (Å²) in [5.41, 5.74) is 1.00. The van der Waals surface area contributed by atoms with Crippen LogP contribution < -0.4 is 4.74 Å². The van der Waals surface area contributed by atoms with Crippen LogP contribution in [-0.2, 0) is 11.3 Å². The van der Waals surface area contributed by atoms with E-state index in [0.29, 0.717) is 19.6 Å². The zero-order chi connectivity index (χ0) is 20.3. The number of amides is 1. The number of benzene rings is 2. The van der Waals surface area contributed by atoms with Gasteiger partial charge in [-0.2, -0.15) is 4.39 Å². The summed E-state index contributed by atoms with van der Waals surface area (Å²) >= 11 is 0. The fraction of sp³-hybridized carbons (Fsp3) is 0.381. The predicted molar refractivity (Wildman–Crippen MR) is 99.3 cm³/mol. The number of ether oxygens (including phenoxy) is 1. The van der Waals surface area contributed by atoms with Gasteiger partial charge in [0.05, 0.1) is 0 Å². The number of rotatable bonds is 5. The number of hydrogen-bond donors (Lipinski definition) is 0. The quantitative estimate of drug-likeness (QED) is 0.780. The van der Waals surface area contributed by atoms with Gasteiger partial charge < -0.3 is 9.64 Å². The van der Waals surface area contributed by atoms with Crippen molar-refractivity contribution in [2.75, 3.05) is 19.7 Å². The molecule has 1 aliphatic rings. The topological polar surface area (TPSA) is 32.8 Å². The first-order chi connectivity index (χ1) is 13.3. The molecule has 3 rings (SSSR count). The maximum absolute atomic E-state index is 13.7. The van der Waals surface area contributed by atoms with E-state index in [0.717, 1.165) is 11.6 Å². The Hall–Kier alpha value is -2.54. The minimum atomic E-state index is -1.10. The van der Waals surface area contributed by atoms with Crippen LogP contribution in [0.3, 0.4) is 0 Å². The summed E-state index contributed by atoms with van der Waals surface area (Å²) < 4.78 is 45.2. The molecule has 0 saturated carbocycles. The molecule has 1 aliphatic heterocycles. The van der Waals surface area contributed by atoms with Gasteiger partial charge in [-0.1, -0.05) is 18.2 Å². The minimum Gasteiger partial charge on any atom is -0.481 e. The molecule has 150 valence electrons. The third-order valence-electron chi connectivity index (χ3n) is 5.00. The van der Waals surface area contributed by atoms with Crippen LogP contribution in [0.4, 0.5) is 13.2 Å². The van der Waals surface area contributed by atoms with Crippen LogP contribution in [0.15, 0.2) is 42.5 Å². The first-order valence-corrected chi connectivity index (χ1v) is 9.20. The van der Waals surface area contributed by atoms with Gasteiger partial charge in [0, 0.05) is 31.7 Å². The van der Waals surface area contributed by atoms with Crippen LogP contribution in [0.5, 0.6) is 5.75 Å². The molecule has 0 aromatic heterocycles. The Morgan fingerprint density at radius 2 is 1.75 bits per heavy atom. The van der Waals surface area contributed by atoms with Crippen molar-refractivity contribution >= 4 is 5.91 Å². The lowest BCUT2D eigenvalue weighted by atomic mass is 10.1. The SMILES string of the molecule is C[C@@H]1CN(C(=O)COc2cccc(F)c2F)[C@@H](C)CN1Cc1ccc(F)cc1. The monoisotopic (exact) mass is 392 g/mol. The van der Waals surface area contributed by atoms with E-state index < -0.39 is 11.6 Å². The molecule has 4 nitrogen and oxygen atoms in total. The highest BCUT2D eigenvalue weighted by Crippen LogP contribution is 2.21. The van der Waals surface area contributed by atoms with Crippen LogP contribution in [0, 0.1) is 17.5 Å². The van der Waals surface area contributed by atoms with Crippen LogP contribution in [-0.4, -0.2) is 47.5 Å². The Kier molecular flexibility index (Phi) is 6.24. The maximum Gasteiger partial charge on any atom is 0.260 e. The summed E-state index contributed by atoms with van der Waals surface area (Å²) in [5, 5.41) is 0. The number of nitrogens with zero attached hydrogens (tertiary/aromatic N) is 2. The van der Waals surface area contributed by atoms with Gasteiger partial charge in [-0.15, -0.1) is 0 Å². The minimum absolute atomic E-state index is 0.0647. The normalized spacial score (nSPS) is 20.2.